The highest BCUT2D eigenvalue weighted by atomic mass is 16.7. The number of para-hydroxylation sites is 1. The first-order chi connectivity index (χ1) is 17.3. The van der Waals surface area contributed by atoms with E-state index in [2.05, 4.69) is 107 Å². The van der Waals surface area contributed by atoms with Crippen molar-refractivity contribution in [2.75, 3.05) is 0 Å². The average Bonchev–Trinajstić information content (AvgIpc) is 3.33. The van der Waals surface area contributed by atoms with Gasteiger partial charge in [0.1, 0.15) is 11.2 Å². The van der Waals surface area contributed by atoms with Crippen molar-refractivity contribution in [3.63, 3.8) is 0 Å². The van der Waals surface area contributed by atoms with Gasteiger partial charge in [0.25, 0.3) is 0 Å². The van der Waals surface area contributed by atoms with Gasteiger partial charge in [-0.25, -0.2) is 0 Å². The van der Waals surface area contributed by atoms with E-state index in [1.807, 2.05) is 12.1 Å². The predicted octanol–water partition coefficient (Wildman–Crippen LogP) is 7.86. The van der Waals surface area contributed by atoms with Gasteiger partial charge in [0.05, 0.1) is 11.2 Å². The lowest BCUT2D eigenvalue weighted by molar-refractivity contribution is 0.00578. The lowest BCUT2D eigenvalue weighted by Crippen LogP contribution is -2.41. The van der Waals surface area contributed by atoms with Gasteiger partial charge in [0.2, 0.25) is 0 Å². The van der Waals surface area contributed by atoms with Crippen LogP contribution >= 0.6 is 0 Å². The summed E-state index contributed by atoms with van der Waals surface area (Å²) in [6, 6.07) is 32.4. The van der Waals surface area contributed by atoms with Crippen LogP contribution in [0.25, 0.3) is 54.6 Å². The van der Waals surface area contributed by atoms with E-state index in [4.69, 9.17) is 13.7 Å². The lowest BCUT2D eigenvalue weighted by atomic mass is 9.78. The van der Waals surface area contributed by atoms with Crippen molar-refractivity contribution in [3.8, 4) is 11.1 Å². The topological polar surface area (TPSA) is 31.6 Å². The summed E-state index contributed by atoms with van der Waals surface area (Å²) in [5.74, 6) is 0. The molecule has 0 atom stereocenters. The van der Waals surface area contributed by atoms with Crippen molar-refractivity contribution in [1.29, 1.82) is 0 Å². The molecule has 0 spiro atoms. The molecule has 7 rings (SSSR count). The molecule has 0 N–H and O–H groups in total. The van der Waals surface area contributed by atoms with Crippen molar-refractivity contribution in [2.45, 2.75) is 38.9 Å². The number of hydrogen-bond acceptors (Lipinski definition) is 3. The Hall–Kier alpha value is -3.60. The fraction of sp³-hybridized carbons (Fsp3) is 0.188. The number of rotatable bonds is 2. The normalized spacial score (nSPS) is 17.1. The minimum absolute atomic E-state index is 0.356. The summed E-state index contributed by atoms with van der Waals surface area (Å²) in [6.07, 6.45) is 0. The van der Waals surface area contributed by atoms with Gasteiger partial charge < -0.3 is 13.7 Å². The van der Waals surface area contributed by atoms with E-state index >= 15 is 0 Å². The quantitative estimate of drug-likeness (QED) is 0.242. The SMILES string of the molecule is CC1(C)OB(c2ccc3ccc(-c4ccc5cc6oc7ccccc7c6cc5c4)cc3c2)OC1(C)C. The molecule has 36 heavy (non-hydrogen) atoms. The van der Waals surface area contributed by atoms with Crippen molar-refractivity contribution in [1.82, 2.24) is 0 Å². The van der Waals surface area contributed by atoms with Gasteiger partial charge in [-0.3, -0.25) is 0 Å². The molecule has 6 aromatic rings. The van der Waals surface area contributed by atoms with E-state index in [-0.39, 0.29) is 18.3 Å². The van der Waals surface area contributed by atoms with Crippen molar-refractivity contribution >= 4 is 56.1 Å². The van der Waals surface area contributed by atoms with Gasteiger partial charge in [-0.05, 0) is 96.2 Å². The molecule has 1 aliphatic heterocycles. The Morgan fingerprint density at radius 2 is 1.17 bits per heavy atom. The van der Waals surface area contributed by atoms with Crippen LogP contribution in [0.1, 0.15) is 27.7 Å². The molecule has 5 aromatic carbocycles. The van der Waals surface area contributed by atoms with E-state index < -0.39 is 0 Å². The van der Waals surface area contributed by atoms with Crippen LogP contribution in [0.15, 0.2) is 95.4 Å². The molecule has 176 valence electrons. The Labute approximate surface area is 210 Å². The average molecular weight is 470 g/mol. The van der Waals surface area contributed by atoms with Gasteiger partial charge in [-0.1, -0.05) is 60.7 Å². The van der Waals surface area contributed by atoms with Gasteiger partial charge >= 0.3 is 7.12 Å². The van der Waals surface area contributed by atoms with Crippen LogP contribution in [0.3, 0.4) is 0 Å². The van der Waals surface area contributed by atoms with Crippen molar-refractivity contribution in [2.24, 2.45) is 0 Å². The highest BCUT2D eigenvalue weighted by Crippen LogP contribution is 2.37. The Bertz CT molecular complexity index is 1800. The van der Waals surface area contributed by atoms with Crippen LogP contribution in [0.4, 0.5) is 0 Å². The highest BCUT2D eigenvalue weighted by Gasteiger charge is 2.51. The summed E-state index contributed by atoms with van der Waals surface area (Å²) in [7, 11) is -0.365. The van der Waals surface area contributed by atoms with Crippen LogP contribution < -0.4 is 5.46 Å². The molecule has 0 aliphatic carbocycles. The second kappa shape index (κ2) is 7.46. The summed E-state index contributed by atoms with van der Waals surface area (Å²) in [5.41, 5.74) is 4.57. The van der Waals surface area contributed by atoms with E-state index in [0.717, 1.165) is 27.4 Å². The molecule has 0 saturated carbocycles. The van der Waals surface area contributed by atoms with E-state index in [9.17, 15) is 0 Å². The zero-order valence-corrected chi connectivity index (χ0v) is 21.0. The minimum atomic E-state index is -0.365. The molecule has 1 aliphatic rings. The van der Waals surface area contributed by atoms with Crippen LogP contribution in [0, 0.1) is 0 Å². The molecular weight excluding hydrogens is 443 g/mol. The third kappa shape index (κ3) is 3.29. The summed E-state index contributed by atoms with van der Waals surface area (Å²) in [4.78, 5) is 0. The Kier molecular flexibility index (Phi) is 4.49. The maximum atomic E-state index is 6.29. The zero-order valence-electron chi connectivity index (χ0n) is 21.0. The molecule has 0 amide bonds. The molecule has 3 nitrogen and oxygen atoms in total. The smallest absolute Gasteiger partial charge is 0.456 e. The highest BCUT2D eigenvalue weighted by molar-refractivity contribution is 6.62. The molecule has 2 heterocycles. The Balaban J connectivity index is 1.30. The maximum absolute atomic E-state index is 6.29. The lowest BCUT2D eigenvalue weighted by Gasteiger charge is -2.32. The first-order valence-electron chi connectivity index (χ1n) is 12.5. The van der Waals surface area contributed by atoms with Crippen LogP contribution in [-0.4, -0.2) is 18.3 Å². The van der Waals surface area contributed by atoms with Crippen LogP contribution in [0.5, 0.6) is 0 Å². The first kappa shape index (κ1) is 21.7. The van der Waals surface area contributed by atoms with E-state index in [1.165, 1.54) is 32.7 Å². The third-order valence-electron chi connectivity index (χ3n) is 8.06. The minimum Gasteiger partial charge on any atom is -0.456 e. The van der Waals surface area contributed by atoms with Gasteiger partial charge in [-0.15, -0.1) is 0 Å². The molecule has 1 aromatic heterocycles. The fourth-order valence-electron chi connectivity index (χ4n) is 5.22. The Morgan fingerprint density at radius 1 is 0.528 bits per heavy atom. The third-order valence-corrected chi connectivity index (χ3v) is 8.06. The largest absolute Gasteiger partial charge is 0.494 e. The van der Waals surface area contributed by atoms with Crippen molar-refractivity contribution < 1.29 is 13.7 Å². The number of hydrogen-bond donors (Lipinski definition) is 0. The van der Waals surface area contributed by atoms with Gasteiger partial charge in [0.15, 0.2) is 0 Å². The second-order valence-corrected chi connectivity index (χ2v) is 10.9. The summed E-state index contributed by atoms with van der Waals surface area (Å²) in [6.45, 7) is 8.36. The van der Waals surface area contributed by atoms with Gasteiger partial charge in [0, 0.05) is 10.8 Å². The molecule has 4 heteroatoms. The number of furan rings is 1. The molecular formula is C32H27BO3. The predicted molar refractivity (Wildman–Crippen MR) is 150 cm³/mol. The fourth-order valence-corrected chi connectivity index (χ4v) is 5.22. The van der Waals surface area contributed by atoms with Crippen LogP contribution in [-0.2, 0) is 9.31 Å². The van der Waals surface area contributed by atoms with Crippen LogP contribution in [0.2, 0.25) is 0 Å². The van der Waals surface area contributed by atoms with Crippen molar-refractivity contribution in [3.05, 3.63) is 91.0 Å². The summed E-state index contributed by atoms with van der Waals surface area (Å²) >= 11 is 0. The summed E-state index contributed by atoms with van der Waals surface area (Å²) < 4.78 is 18.7. The monoisotopic (exact) mass is 470 g/mol. The second-order valence-electron chi connectivity index (χ2n) is 10.9. The van der Waals surface area contributed by atoms with E-state index in [1.54, 1.807) is 0 Å². The molecule has 1 fully saturated rings. The zero-order chi connectivity index (χ0) is 24.7. The number of fused-ring (bicyclic) bond motifs is 5. The molecule has 0 unspecified atom stereocenters. The first-order valence-corrected chi connectivity index (χ1v) is 12.5. The maximum Gasteiger partial charge on any atom is 0.494 e. The van der Waals surface area contributed by atoms with E-state index in [0.29, 0.717) is 0 Å². The summed E-state index contributed by atoms with van der Waals surface area (Å²) in [5, 5.41) is 7.07. The Morgan fingerprint density at radius 3 is 1.92 bits per heavy atom. The molecule has 0 radical (unpaired) electrons. The molecule has 1 saturated heterocycles. The number of benzene rings is 5. The molecule has 0 bridgehead atoms. The van der Waals surface area contributed by atoms with Gasteiger partial charge in [-0.2, -0.15) is 0 Å². The standard InChI is InChI=1S/C32H27BO3/c1-31(2)32(3,4)36-33(35-31)26-14-13-20-9-10-21(15-24(20)17-26)22-11-12-23-19-30-28(18-25(23)16-22)27-7-5-6-8-29(27)34-30/h5-19H,1-4H3.